The number of hydrogen-bond donors (Lipinski definition) is 2. The van der Waals surface area contributed by atoms with Gasteiger partial charge in [0.25, 0.3) is 5.91 Å². The highest BCUT2D eigenvalue weighted by Crippen LogP contribution is 2.25. The molecule has 2 N–H and O–H groups in total. The summed E-state index contributed by atoms with van der Waals surface area (Å²) in [7, 11) is 0. The van der Waals surface area contributed by atoms with Crippen molar-refractivity contribution in [3.8, 4) is 11.3 Å². The van der Waals surface area contributed by atoms with E-state index in [-0.39, 0.29) is 17.6 Å². The van der Waals surface area contributed by atoms with Crippen molar-refractivity contribution < 1.29 is 14.0 Å². The molecule has 0 aliphatic rings. The molecular weight excluding hydrogens is 341 g/mol. The Morgan fingerprint density at radius 1 is 1.08 bits per heavy atom. The molecule has 1 heterocycles. The van der Waals surface area contributed by atoms with Crippen LogP contribution in [0.3, 0.4) is 0 Å². The molecule has 0 bridgehead atoms. The Hall–Kier alpha value is -3.06. The van der Waals surface area contributed by atoms with E-state index in [2.05, 4.69) is 15.6 Å². The standard InChI is InChI=1S/C18H14FN3O2S/c1-11(23)20-15-7-5-12(6-8-15)17(24)22-18-21-16(10-25-18)13-3-2-4-14(19)9-13/h2-10H,1H3,(H,20,23)(H,21,22,24). The Balaban J connectivity index is 1.70. The van der Waals surface area contributed by atoms with E-state index < -0.39 is 0 Å². The van der Waals surface area contributed by atoms with Gasteiger partial charge in [-0.2, -0.15) is 0 Å². The van der Waals surface area contributed by atoms with E-state index >= 15 is 0 Å². The number of aromatic nitrogens is 1. The predicted octanol–water partition coefficient (Wildman–Crippen LogP) is 4.16. The average Bonchev–Trinajstić information content (AvgIpc) is 3.03. The minimum atomic E-state index is -0.338. The maximum atomic E-state index is 13.3. The summed E-state index contributed by atoms with van der Waals surface area (Å²) >= 11 is 1.26. The van der Waals surface area contributed by atoms with E-state index in [0.29, 0.717) is 27.6 Å². The Morgan fingerprint density at radius 3 is 2.52 bits per heavy atom. The zero-order valence-corrected chi connectivity index (χ0v) is 14.1. The van der Waals surface area contributed by atoms with Crippen molar-refractivity contribution in [2.45, 2.75) is 6.92 Å². The van der Waals surface area contributed by atoms with Crippen LogP contribution in [0.15, 0.2) is 53.9 Å². The van der Waals surface area contributed by atoms with Crippen LogP contribution in [0.4, 0.5) is 15.2 Å². The number of anilines is 2. The third kappa shape index (κ3) is 4.27. The van der Waals surface area contributed by atoms with Gasteiger partial charge < -0.3 is 5.32 Å². The molecule has 5 nitrogen and oxygen atoms in total. The first-order valence-corrected chi connectivity index (χ1v) is 8.30. The van der Waals surface area contributed by atoms with E-state index in [0.717, 1.165) is 0 Å². The summed E-state index contributed by atoms with van der Waals surface area (Å²) in [5.74, 6) is -0.824. The lowest BCUT2D eigenvalue weighted by Gasteiger charge is -2.04. The number of carbonyl (C=O) groups excluding carboxylic acids is 2. The summed E-state index contributed by atoms with van der Waals surface area (Å²) in [6.07, 6.45) is 0. The zero-order valence-electron chi connectivity index (χ0n) is 13.2. The van der Waals surface area contributed by atoms with Gasteiger partial charge in [-0.05, 0) is 36.4 Å². The van der Waals surface area contributed by atoms with Gasteiger partial charge in [0.2, 0.25) is 5.91 Å². The van der Waals surface area contributed by atoms with Gasteiger partial charge in [0.05, 0.1) is 5.69 Å². The number of halogens is 1. The van der Waals surface area contributed by atoms with E-state index in [9.17, 15) is 14.0 Å². The normalized spacial score (nSPS) is 10.3. The van der Waals surface area contributed by atoms with Crippen LogP contribution in [0.25, 0.3) is 11.3 Å². The average molecular weight is 355 g/mol. The molecule has 0 unspecified atom stereocenters. The summed E-state index contributed by atoms with van der Waals surface area (Å²) < 4.78 is 13.3. The van der Waals surface area contributed by atoms with Crippen LogP contribution in [-0.2, 0) is 4.79 Å². The number of nitrogens with one attached hydrogen (secondary N) is 2. The molecule has 2 amide bonds. The number of rotatable bonds is 4. The molecule has 3 aromatic rings. The number of benzene rings is 2. The first kappa shape index (κ1) is 16.8. The van der Waals surface area contributed by atoms with Gasteiger partial charge in [0.1, 0.15) is 5.82 Å². The number of amides is 2. The predicted molar refractivity (Wildman–Crippen MR) is 96.2 cm³/mol. The summed E-state index contributed by atoms with van der Waals surface area (Å²) in [4.78, 5) is 27.6. The maximum absolute atomic E-state index is 13.3. The number of carbonyl (C=O) groups is 2. The topological polar surface area (TPSA) is 71.1 Å². The van der Waals surface area contributed by atoms with Gasteiger partial charge in [-0.15, -0.1) is 11.3 Å². The Bertz CT molecular complexity index is 922. The van der Waals surface area contributed by atoms with Gasteiger partial charge in [-0.3, -0.25) is 14.9 Å². The molecule has 1 aromatic heterocycles. The minimum absolute atomic E-state index is 0.176. The van der Waals surface area contributed by atoms with Crippen molar-refractivity contribution in [2.24, 2.45) is 0 Å². The molecule has 0 fully saturated rings. The fourth-order valence-corrected chi connectivity index (χ4v) is 2.90. The molecule has 0 saturated carbocycles. The molecule has 0 saturated heterocycles. The van der Waals surface area contributed by atoms with Gasteiger partial charge in [-0.25, -0.2) is 9.37 Å². The van der Waals surface area contributed by atoms with E-state index in [4.69, 9.17) is 0 Å². The van der Waals surface area contributed by atoms with Crippen molar-refractivity contribution in [1.29, 1.82) is 0 Å². The fraction of sp³-hybridized carbons (Fsp3) is 0.0556. The van der Waals surface area contributed by atoms with Crippen LogP contribution >= 0.6 is 11.3 Å². The van der Waals surface area contributed by atoms with Crippen LogP contribution in [0.5, 0.6) is 0 Å². The minimum Gasteiger partial charge on any atom is -0.326 e. The van der Waals surface area contributed by atoms with Crippen molar-refractivity contribution in [2.75, 3.05) is 10.6 Å². The third-order valence-corrected chi connectivity index (χ3v) is 4.07. The summed E-state index contributed by atoms with van der Waals surface area (Å²) in [6.45, 7) is 1.42. The largest absolute Gasteiger partial charge is 0.326 e. The Kier molecular flexibility index (Phi) is 4.85. The Morgan fingerprint density at radius 2 is 1.84 bits per heavy atom. The van der Waals surface area contributed by atoms with Crippen LogP contribution in [0.1, 0.15) is 17.3 Å². The molecule has 2 aromatic carbocycles. The second-order valence-corrected chi connectivity index (χ2v) is 6.12. The number of nitrogens with zero attached hydrogens (tertiary/aromatic N) is 1. The fourth-order valence-electron chi connectivity index (χ4n) is 2.19. The highest BCUT2D eigenvalue weighted by molar-refractivity contribution is 7.14. The van der Waals surface area contributed by atoms with E-state index in [1.165, 1.54) is 30.4 Å². The molecule has 3 rings (SSSR count). The van der Waals surface area contributed by atoms with Crippen molar-refractivity contribution in [3.63, 3.8) is 0 Å². The summed E-state index contributed by atoms with van der Waals surface area (Å²) in [5.41, 5.74) is 2.31. The smallest absolute Gasteiger partial charge is 0.257 e. The zero-order chi connectivity index (χ0) is 17.8. The molecule has 0 spiro atoms. The van der Waals surface area contributed by atoms with Gasteiger partial charge in [-0.1, -0.05) is 12.1 Å². The Labute approximate surface area is 147 Å². The van der Waals surface area contributed by atoms with Crippen molar-refractivity contribution >= 4 is 34.0 Å². The lowest BCUT2D eigenvalue weighted by molar-refractivity contribution is -0.114. The maximum Gasteiger partial charge on any atom is 0.257 e. The van der Waals surface area contributed by atoms with Gasteiger partial charge in [0.15, 0.2) is 5.13 Å². The number of hydrogen-bond acceptors (Lipinski definition) is 4. The van der Waals surface area contributed by atoms with E-state index in [1.807, 2.05) is 0 Å². The second-order valence-electron chi connectivity index (χ2n) is 5.26. The number of thiazole rings is 1. The van der Waals surface area contributed by atoms with Crippen LogP contribution < -0.4 is 10.6 Å². The molecule has 0 radical (unpaired) electrons. The van der Waals surface area contributed by atoms with Crippen LogP contribution in [0.2, 0.25) is 0 Å². The van der Waals surface area contributed by atoms with Crippen molar-refractivity contribution in [1.82, 2.24) is 4.98 Å². The van der Waals surface area contributed by atoms with Crippen LogP contribution in [-0.4, -0.2) is 16.8 Å². The molecule has 126 valence electrons. The quantitative estimate of drug-likeness (QED) is 0.738. The monoisotopic (exact) mass is 355 g/mol. The summed E-state index contributed by atoms with van der Waals surface area (Å²) in [5, 5.41) is 7.53. The molecule has 25 heavy (non-hydrogen) atoms. The highest BCUT2D eigenvalue weighted by Gasteiger charge is 2.10. The lowest BCUT2D eigenvalue weighted by atomic mass is 10.2. The van der Waals surface area contributed by atoms with Crippen molar-refractivity contribution in [3.05, 3.63) is 65.3 Å². The van der Waals surface area contributed by atoms with Gasteiger partial charge in [0, 0.05) is 29.1 Å². The molecule has 0 aliphatic heterocycles. The van der Waals surface area contributed by atoms with E-state index in [1.54, 1.807) is 41.8 Å². The SMILES string of the molecule is CC(=O)Nc1ccc(C(=O)Nc2nc(-c3cccc(F)c3)cs2)cc1. The third-order valence-electron chi connectivity index (χ3n) is 3.31. The molecule has 7 heteroatoms. The molecule has 0 aliphatic carbocycles. The molecule has 0 atom stereocenters. The lowest BCUT2D eigenvalue weighted by Crippen LogP contribution is -2.12. The second kappa shape index (κ2) is 7.23. The highest BCUT2D eigenvalue weighted by atomic mass is 32.1. The first-order chi connectivity index (χ1) is 12.0. The first-order valence-electron chi connectivity index (χ1n) is 7.42. The molecular formula is C18H14FN3O2S. The van der Waals surface area contributed by atoms with Crippen LogP contribution in [0, 0.1) is 5.82 Å². The summed E-state index contributed by atoms with van der Waals surface area (Å²) in [6, 6.07) is 12.6. The van der Waals surface area contributed by atoms with Gasteiger partial charge >= 0.3 is 0 Å².